The smallest absolute Gasteiger partial charge is 0.226 e. The van der Waals surface area contributed by atoms with E-state index in [9.17, 15) is 4.79 Å². The maximum absolute atomic E-state index is 11.5. The minimum Gasteiger partial charge on any atom is -0.345 e. The summed E-state index contributed by atoms with van der Waals surface area (Å²) in [5, 5.41) is 0. The van der Waals surface area contributed by atoms with Gasteiger partial charge in [0.25, 0.3) is 0 Å². The van der Waals surface area contributed by atoms with Crippen LogP contribution < -0.4 is 0 Å². The Morgan fingerprint density at radius 3 is 3.08 bits per heavy atom. The first-order valence-corrected chi connectivity index (χ1v) is 4.89. The lowest BCUT2D eigenvalue weighted by molar-refractivity contribution is -0.128. The predicted molar refractivity (Wildman–Crippen MR) is 52.3 cm³/mol. The standard InChI is InChI=1S/C11H15NO/c1-12-7-6-9-4-2-3-5-10(9)8-11(12)13/h3,5H,2,4,6-8H2,1H3. The maximum atomic E-state index is 11.5. The Morgan fingerprint density at radius 1 is 1.38 bits per heavy atom. The molecular weight excluding hydrogens is 162 g/mol. The molecular formula is C11H15NO. The zero-order chi connectivity index (χ0) is 9.26. The molecule has 2 aliphatic rings. The lowest BCUT2D eigenvalue weighted by Crippen LogP contribution is -2.25. The topological polar surface area (TPSA) is 20.3 Å². The van der Waals surface area contributed by atoms with Gasteiger partial charge in [-0.15, -0.1) is 0 Å². The summed E-state index contributed by atoms with van der Waals surface area (Å²) in [5.74, 6) is 0.261. The molecule has 1 heterocycles. The van der Waals surface area contributed by atoms with Gasteiger partial charge in [-0.05, 0) is 24.8 Å². The molecule has 0 aromatic carbocycles. The fourth-order valence-corrected chi connectivity index (χ4v) is 1.96. The maximum Gasteiger partial charge on any atom is 0.226 e. The van der Waals surface area contributed by atoms with Gasteiger partial charge in [0.15, 0.2) is 0 Å². The largest absolute Gasteiger partial charge is 0.345 e. The van der Waals surface area contributed by atoms with Crippen LogP contribution in [0.4, 0.5) is 0 Å². The third-order valence-electron chi connectivity index (χ3n) is 2.90. The summed E-state index contributed by atoms with van der Waals surface area (Å²) in [4.78, 5) is 13.4. The normalized spacial score (nSPS) is 23.2. The predicted octanol–water partition coefficient (Wildman–Crippen LogP) is 1.89. The van der Waals surface area contributed by atoms with E-state index in [0.29, 0.717) is 6.42 Å². The van der Waals surface area contributed by atoms with Crippen LogP contribution in [0.25, 0.3) is 0 Å². The highest BCUT2D eigenvalue weighted by Gasteiger charge is 2.19. The van der Waals surface area contributed by atoms with Crippen LogP contribution in [0.15, 0.2) is 23.3 Å². The molecule has 0 fully saturated rings. The molecule has 0 bridgehead atoms. The fraction of sp³-hybridized carbons (Fsp3) is 0.545. The summed E-state index contributed by atoms with van der Waals surface area (Å²) in [6, 6.07) is 0. The number of amides is 1. The van der Waals surface area contributed by atoms with Crippen LogP contribution in [0, 0.1) is 0 Å². The van der Waals surface area contributed by atoms with E-state index < -0.39 is 0 Å². The Kier molecular flexibility index (Phi) is 2.21. The molecule has 0 aromatic heterocycles. The minimum atomic E-state index is 0.261. The molecule has 0 saturated heterocycles. The van der Waals surface area contributed by atoms with Crippen LogP contribution in [-0.4, -0.2) is 24.4 Å². The Labute approximate surface area is 78.9 Å². The van der Waals surface area contributed by atoms with E-state index >= 15 is 0 Å². The molecule has 1 aliphatic carbocycles. The van der Waals surface area contributed by atoms with Crippen molar-refractivity contribution < 1.29 is 4.79 Å². The monoisotopic (exact) mass is 177 g/mol. The Hall–Kier alpha value is -1.05. The van der Waals surface area contributed by atoms with E-state index in [1.54, 1.807) is 0 Å². The number of carbonyl (C=O) groups excluding carboxylic acids is 1. The molecule has 70 valence electrons. The lowest BCUT2D eigenvalue weighted by Gasteiger charge is -2.13. The lowest BCUT2D eigenvalue weighted by atomic mass is 9.94. The van der Waals surface area contributed by atoms with E-state index in [1.807, 2.05) is 11.9 Å². The van der Waals surface area contributed by atoms with Crippen LogP contribution in [0.3, 0.4) is 0 Å². The second kappa shape index (κ2) is 3.36. The Bertz CT molecular complexity index is 288. The van der Waals surface area contributed by atoms with Crippen LogP contribution in [-0.2, 0) is 4.79 Å². The molecule has 0 aromatic rings. The summed E-state index contributed by atoms with van der Waals surface area (Å²) in [6.45, 7) is 0.894. The van der Waals surface area contributed by atoms with Gasteiger partial charge in [0, 0.05) is 13.6 Å². The second-order valence-electron chi connectivity index (χ2n) is 3.81. The Balaban J connectivity index is 2.22. The number of nitrogens with zero attached hydrogens (tertiary/aromatic N) is 1. The fourth-order valence-electron chi connectivity index (χ4n) is 1.96. The van der Waals surface area contributed by atoms with E-state index in [4.69, 9.17) is 0 Å². The van der Waals surface area contributed by atoms with Gasteiger partial charge >= 0.3 is 0 Å². The van der Waals surface area contributed by atoms with Crippen LogP contribution >= 0.6 is 0 Å². The highest BCUT2D eigenvalue weighted by molar-refractivity contribution is 5.80. The number of allylic oxidation sites excluding steroid dienone is 2. The molecule has 0 atom stereocenters. The molecule has 0 unspecified atom stereocenters. The van der Waals surface area contributed by atoms with E-state index in [1.165, 1.54) is 11.1 Å². The molecule has 0 saturated carbocycles. The first-order valence-electron chi connectivity index (χ1n) is 4.89. The highest BCUT2D eigenvalue weighted by atomic mass is 16.2. The molecule has 1 amide bonds. The first-order chi connectivity index (χ1) is 6.27. The van der Waals surface area contributed by atoms with Gasteiger partial charge in [0.2, 0.25) is 5.91 Å². The Morgan fingerprint density at radius 2 is 2.23 bits per heavy atom. The quantitative estimate of drug-likeness (QED) is 0.553. The van der Waals surface area contributed by atoms with Gasteiger partial charge in [-0.1, -0.05) is 17.7 Å². The van der Waals surface area contributed by atoms with Gasteiger partial charge in [-0.25, -0.2) is 0 Å². The van der Waals surface area contributed by atoms with Gasteiger partial charge in [0.05, 0.1) is 6.42 Å². The van der Waals surface area contributed by atoms with Crippen molar-refractivity contribution in [3.8, 4) is 0 Å². The third kappa shape index (κ3) is 1.67. The van der Waals surface area contributed by atoms with Crippen molar-refractivity contribution in [2.75, 3.05) is 13.6 Å². The summed E-state index contributed by atoms with van der Waals surface area (Å²) in [6.07, 6.45) is 8.31. The minimum absolute atomic E-state index is 0.261. The van der Waals surface area contributed by atoms with Gasteiger partial charge in [-0.2, -0.15) is 0 Å². The summed E-state index contributed by atoms with van der Waals surface area (Å²) in [5.41, 5.74) is 2.78. The van der Waals surface area contributed by atoms with Crippen molar-refractivity contribution in [1.82, 2.24) is 4.90 Å². The molecule has 2 rings (SSSR count). The van der Waals surface area contributed by atoms with Crippen LogP contribution in [0.5, 0.6) is 0 Å². The van der Waals surface area contributed by atoms with Gasteiger partial charge in [-0.3, -0.25) is 4.79 Å². The summed E-state index contributed by atoms with van der Waals surface area (Å²) in [7, 11) is 1.89. The zero-order valence-electron chi connectivity index (χ0n) is 8.05. The van der Waals surface area contributed by atoms with Crippen LogP contribution in [0.2, 0.25) is 0 Å². The average molecular weight is 177 g/mol. The molecule has 2 nitrogen and oxygen atoms in total. The number of hydrogen-bond acceptors (Lipinski definition) is 1. The third-order valence-corrected chi connectivity index (χ3v) is 2.90. The van der Waals surface area contributed by atoms with E-state index in [-0.39, 0.29) is 5.91 Å². The van der Waals surface area contributed by atoms with E-state index in [0.717, 1.165) is 25.8 Å². The molecule has 0 N–H and O–H groups in total. The number of carbonyl (C=O) groups is 1. The molecule has 2 heteroatoms. The van der Waals surface area contributed by atoms with Crippen molar-refractivity contribution in [3.05, 3.63) is 23.3 Å². The van der Waals surface area contributed by atoms with Gasteiger partial charge < -0.3 is 4.90 Å². The summed E-state index contributed by atoms with van der Waals surface area (Å²) >= 11 is 0. The zero-order valence-corrected chi connectivity index (χ0v) is 8.05. The molecule has 13 heavy (non-hydrogen) atoms. The highest BCUT2D eigenvalue weighted by Crippen LogP contribution is 2.27. The van der Waals surface area contributed by atoms with Crippen molar-refractivity contribution in [3.63, 3.8) is 0 Å². The van der Waals surface area contributed by atoms with E-state index in [2.05, 4.69) is 12.2 Å². The van der Waals surface area contributed by atoms with Crippen LogP contribution in [0.1, 0.15) is 25.7 Å². The summed E-state index contributed by atoms with van der Waals surface area (Å²) < 4.78 is 0. The second-order valence-corrected chi connectivity index (χ2v) is 3.81. The van der Waals surface area contributed by atoms with Gasteiger partial charge in [0.1, 0.15) is 0 Å². The van der Waals surface area contributed by atoms with Crippen molar-refractivity contribution >= 4 is 5.91 Å². The van der Waals surface area contributed by atoms with Crippen molar-refractivity contribution in [2.45, 2.75) is 25.7 Å². The number of rotatable bonds is 0. The first kappa shape index (κ1) is 8.54. The number of hydrogen-bond donors (Lipinski definition) is 0. The SMILES string of the molecule is CN1CCC2=C(C=CCC2)CC1=O. The van der Waals surface area contributed by atoms with Crippen molar-refractivity contribution in [2.24, 2.45) is 0 Å². The average Bonchev–Trinajstić information content (AvgIpc) is 2.28. The molecule has 1 aliphatic heterocycles. The van der Waals surface area contributed by atoms with Crippen molar-refractivity contribution in [1.29, 1.82) is 0 Å². The molecule has 0 spiro atoms. The molecule has 0 radical (unpaired) electrons.